The van der Waals surface area contributed by atoms with Crippen LogP contribution in [0.5, 0.6) is 0 Å². The molecule has 5 heterocycles. The Bertz CT molecular complexity index is 9740. The van der Waals surface area contributed by atoms with Gasteiger partial charge in [0, 0.05) is 82.6 Å². The topological polar surface area (TPSA) is 40.8 Å². The van der Waals surface area contributed by atoms with Crippen molar-refractivity contribution < 1.29 is 17.6 Å². The zero-order chi connectivity index (χ0) is 93.7. The van der Waals surface area contributed by atoms with Gasteiger partial charge in [0.25, 0.3) is 0 Å². The van der Waals surface area contributed by atoms with E-state index >= 15 is 0 Å². The number of aryl methyl sites for hydroxylation is 4. The maximum Gasteiger partial charge on any atom is 0.416 e. The molecule has 0 saturated carbocycles. The van der Waals surface area contributed by atoms with Crippen LogP contribution in [0.25, 0.3) is 235 Å². The standard InChI is InChI=1S/C44H38O.C43H37N.C42H26F3N3/c1-24(2)25-16-18-38-32(20-25)35-21-27-15-17-30-40-33(23-34-29-13-8-9-14-37(29)44(6,7)41(30)34)31(22-36(39(27)40)42(35)45-38)26-11-10-12-28(19-26)43(3,4)5;1-24-18-25(2)20-29(19-24)44-36-23-28(42(3,4)5)14-17-31(36)41-33-16-12-26-21-35-40(30-10-8-9-11-34(30)43(35,6)7)32-15-13-27(22-37(41)44)39(33)38(26)32;1-23-6-3-8-28(18-23)47-33-16-11-24(2)19-32(33)39-30-14-12-26-21-36-40(31-15-13-25(20-35(39)47)37(30)38(26)31)41-34(10-5-17-46-41)48(36)29-9-4-7-27(22-29)42(43,44)45/h8-24H,1-7H3;8-23H,1-7H3;3-22H,1-2H3. The highest BCUT2D eigenvalue weighted by atomic mass is 19.4. The highest BCUT2D eigenvalue weighted by Crippen LogP contribution is 2.59. The average molecular weight is 1780 g/mol. The van der Waals surface area contributed by atoms with Gasteiger partial charge in [-0.3, -0.25) is 4.98 Å². The quantitative estimate of drug-likeness (QED) is 0.161. The van der Waals surface area contributed by atoms with E-state index in [2.05, 4.69) is 393 Å². The predicted octanol–water partition coefficient (Wildman–Crippen LogP) is 36.6. The van der Waals surface area contributed by atoms with Crippen LogP contribution in [0.4, 0.5) is 13.2 Å². The van der Waals surface area contributed by atoms with Crippen molar-refractivity contribution in [2.75, 3.05) is 0 Å². The first-order valence-electron chi connectivity index (χ1n) is 48.3. The number of hydrogen-bond acceptors (Lipinski definition) is 2. The van der Waals surface area contributed by atoms with Crippen LogP contribution in [0.3, 0.4) is 0 Å². The Balaban J connectivity index is 0.000000107. The summed E-state index contributed by atoms with van der Waals surface area (Å²) in [6.45, 7) is 36.6. The lowest BCUT2D eigenvalue weighted by molar-refractivity contribution is -0.137. The van der Waals surface area contributed by atoms with Crippen LogP contribution >= 0.6 is 0 Å². The summed E-state index contributed by atoms with van der Waals surface area (Å²) < 4.78 is 55.1. The number of alkyl halides is 3. The minimum Gasteiger partial charge on any atom is -0.455 e. The molecule has 0 spiro atoms. The molecule has 5 nitrogen and oxygen atoms in total. The molecular formula is C129H101F3N4O. The number of halogens is 3. The molecule has 28 rings (SSSR count). The molecule has 664 valence electrons. The monoisotopic (exact) mass is 1780 g/mol. The average Bonchev–Trinajstić information content (AvgIpc) is 1.56. The summed E-state index contributed by atoms with van der Waals surface area (Å²) >= 11 is 0. The van der Waals surface area contributed by atoms with Gasteiger partial charge in [0.05, 0.1) is 44.2 Å². The normalized spacial score (nSPS) is 13.8. The van der Waals surface area contributed by atoms with Crippen LogP contribution in [-0.4, -0.2) is 18.7 Å². The molecule has 0 saturated heterocycles. The van der Waals surface area contributed by atoms with E-state index in [-0.39, 0.29) is 21.7 Å². The van der Waals surface area contributed by atoms with E-state index in [4.69, 9.17) is 9.40 Å². The van der Waals surface area contributed by atoms with Gasteiger partial charge in [0.15, 0.2) is 0 Å². The molecule has 21 aromatic carbocycles. The molecule has 0 aliphatic heterocycles. The molecule has 0 fully saturated rings. The maximum absolute atomic E-state index is 13.8. The van der Waals surface area contributed by atoms with Gasteiger partial charge in [-0.15, -0.1) is 0 Å². The number of hydrogen-bond donors (Lipinski definition) is 0. The third kappa shape index (κ3) is 12.0. The van der Waals surface area contributed by atoms with Gasteiger partial charge < -0.3 is 18.1 Å². The van der Waals surface area contributed by atoms with E-state index in [0.717, 1.165) is 77.4 Å². The van der Waals surface area contributed by atoms with Gasteiger partial charge in [-0.25, -0.2) is 0 Å². The summed E-state index contributed by atoms with van der Waals surface area (Å²) in [6.07, 6.45) is -2.70. The molecule has 8 heteroatoms. The van der Waals surface area contributed by atoms with E-state index in [9.17, 15) is 13.2 Å². The van der Waals surface area contributed by atoms with Crippen molar-refractivity contribution in [1.29, 1.82) is 0 Å². The molecule has 26 aromatic rings. The van der Waals surface area contributed by atoms with E-state index in [1.165, 1.54) is 231 Å². The molecule has 0 bridgehead atoms. The van der Waals surface area contributed by atoms with Crippen LogP contribution in [0.2, 0.25) is 0 Å². The van der Waals surface area contributed by atoms with E-state index in [1.54, 1.807) is 12.3 Å². The Labute approximate surface area is 792 Å². The number of nitrogens with zero attached hydrogens (tertiary/aromatic N) is 4. The van der Waals surface area contributed by atoms with Crippen molar-refractivity contribution in [2.45, 2.75) is 145 Å². The lowest BCUT2D eigenvalue weighted by Gasteiger charge is -2.25. The Morgan fingerprint density at radius 3 is 1.53 bits per heavy atom. The van der Waals surface area contributed by atoms with Gasteiger partial charge in [-0.2, -0.15) is 13.2 Å². The first-order valence-corrected chi connectivity index (χ1v) is 48.3. The van der Waals surface area contributed by atoms with Crippen LogP contribution in [0.1, 0.15) is 156 Å². The number of fused-ring (bicyclic) bond motifs is 24. The second-order valence-corrected chi connectivity index (χ2v) is 42.9. The van der Waals surface area contributed by atoms with Gasteiger partial charge >= 0.3 is 6.18 Å². The van der Waals surface area contributed by atoms with E-state index in [0.29, 0.717) is 11.6 Å². The zero-order valence-corrected chi connectivity index (χ0v) is 79.9. The second-order valence-electron chi connectivity index (χ2n) is 42.9. The van der Waals surface area contributed by atoms with Crippen LogP contribution in [0.15, 0.2) is 320 Å². The highest BCUT2D eigenvalue weighted by Gasteiger charge is 2.41. The van der Waals surface area contributed by atoms with Gasteiger partial charge in [0.2, 0.25) is 0 Å². The Morgan fingerprint density at radius 2 is 0.847 bits per heavy atom. The van der Waals surface area contributed by atoms with Crippen molar-refractivity contribution >= 4 is 184 Å². The molecule has 0 radical (unpaired) electrons. The summed E-state index contributed by atoms with van der Waals surface area (Å²) in [5, 5.41) is 31.1. The number of benzene rings is 21. The predicted molar refractivity (Wildman–Crippen MR) is 575 cm³/mol. The number of aromatic nitrogens is 4. The molecule has 2 aliphatic carbocycles. The second kappa shape index (κ2) is 28.7. The molecular weight excluding hydrogens is 1680 g/mol. The Kier molecular flexibility index (Phi) is 17.3. The van der Waals surface area contributed by atoms with Crippen molar-refractivity contribution in [3.05, 3.63) is 382 Å². The van der Waals surface area contributed by atoms with Crippen molar-refractivity contribution in [1.82, 2.24) is 18.7 Å². The molecule has 5 aromatic heterocycles. The first kappa shape index (κ1) is 82.5. The summed E-state index contributed by atoms with van der Waals surface area (Å²) in [7, 11) is 0. The molecule has 0 atom stereocenters. The number of furan rings is 1. The molecule has 2 aliphatic rings. The van der Waals surface area contributed by atoms with Crippen molar-refractivity contribution in [3.63, 3.8) is 0 Å². The van der Waals surface area contributed by atoms with E-state index < -0.39 is 11.7 Å². The fourth-order valence-corrected chi connectivity index (χ4v) is 24.8. The number of pyridine rings is 1. The molecule has 0 N–H and O–H groups in total. The zero-order valence-electron chi connectivity index (χ0n) is 79.9. The van der Waals surface area contributed by atoms with Gasteiger partial charge in [0.1, 0.15) is 11.2 Å². The minimum absolute atomic E-state index is 0.0201. The smallest absolute Gasteiger partial charge is 0.416 e. The fraction of sp³-hybridized carbons (Fsp3) is 0.171. The highest BCUT2D eigenvalue weighted by molar-refractivity contribution is 6.39. The lowest BCUT2D eigenvalue weighted by atomic mass is 9.77. The summed E-state index contributed by atoms with van der Waals surface area (Å²) in [4.78, 5) is 4.81. The van der Waals surface area contributed by atoms with Crippen LogP contribution in [-0.2, 0) is 27.8 Å². The maximum atomic E-state index is 13.8. The van der Waals surface area contributed by atoms with Gasteiger partial charge in [-0.1, -0.05) is 271 Å². The molecule has 0 amide bonds. The fourth-order valence-electron chi connectivity index (χ4n) is 24.8. The summed E-state index contributed by atoms with van der Waals surface area (Å²) in [5.41, 5.74) is 34.1. The van der Waals surface area contributed by atoms with Crippen molar-refractivity contribution in [3.8, 4) is 50.4 Å². The van der Waals surface area contributed by atoms with Crippen LogP contribution in [0, 0.1) is 27.7 Å². The number of rotatable bonds is 5. The third-order valence-corrected chi connectivity index (χ3v) is 31.2. The largest absolute Gasteiger partial charge is 0.455 e. The minimum atomic E-state index is -4.45. The molecule has 0 unspecified atom stereocenters. The molecule has 137 heavy (non-hydrogen) atoms. The van der Waals surface area contributed by atoms with E-state index in [1.807, 2.05) is 16.7 Å². The van der Waals surface area contributed by atoms with Gasteiger partial charge in [-0.05, 0) is 347 Å². The summed E-state index contributed by atoms with van der Waals surface area (Å²) in [6, 6.07) is 112. The Hall–Kier alpha value is -15.1. The van der Waals surface area contributed by atoms with Crippen molar-refractivity contribution in [2.24, 2.45) is 0 Å². The summed E-state index contributed by atoms with van der Waals surface area (Å²) in [5.74, 6) is 0.459. The van der Waals surface area contributed by atoms with Crippen LogP contribution < -0.4 is 0 Å². The third-order valence-electron chi connectivity index (χ3n) is 31.2. The SMILES string of the molecule is CC(C)c1ccc2oc3c(cc4ccc5c6c(cc7c(-c8cccc(C(C)(C)C)c8)cc3c4c75)-c3ccccc3C6(C)C)c2c1.Cc1cc(C)cc(-n2c3cc(C(C)(C)C)ccc3c3c4ccc5cc6c(c7ccc(cc32)c4c57)-c2ccccc2C6(C)C)c1.Cc1cccc(-n2c3ccc(C)cc3c3c4ccc5cc6c(c7ccc(cc32)c4c57)c2ncccc2n6-c2cccc(C(F)(F)F)c2)c1. The first-order chi connectivity index (χ1) is 65.8. The Morgan fingerprint density at radius 1 is 0.307 bits per heavy atom. The lowest BCUT2D eigenvalue weighted by Crippen LogP contribution is -2.15.